The van der Waals surface area contributed by atoms with Gasteiger partial charge in [-0.05, 0) is 44.4 Å². The van der Waals surface area contributed by atoms with E-state index in [1.807, 2.05) is 18.2 Å². The van der Waals surface area contributed by atoms with E-state index in [0.717, 1.165) is 24.5 Å². The summed E-state index contributed by atoms with van der Waals surface area (Å²) in [5.41, 5.74) is 1.97. The number of benzene rings is 1. The summed E-state index contributed by atoms with van der Waals surface area (Å²) in [5.74, 6) is 0. The highest BCUT2D eigenvalue weighted by molar-refractivity contribution is 5.90. The maximum atomic E-state index is 12.5. The number of amides is 3. The van der Waals surface area contributed by atoms with Gasteiger partial charge in [-0.1, -0.05) is 6.07 Å². The molecule has 1 aromatic rings. The molecule has 2 aliphatic heterocycles. The van der Waals surface area contributed by atoms with Crippen molar-refractivity contribution in [3.63, 3.8) is 0 Å². The van der Waals surface area contributed by atoms with E-state index in [9.17, 15) is 9.59 Å². The highest BCUT2D eigenvalue weighted by Crippen LogP contribution is 2.23. The first kappa shape index (κ1) is 18.4. The molecule has 1 N–H and O–H groups in total. The molecule has 2 fully saturated rings. The number of hydrogen-bond donors (Lipinski definition) is 1. The lowest BCUT2D eigenvalue weighted by Crippen LogP contribution is -2.51. The van der Waals surface area contributed by atoms with Gasteiger partial charge < -0.3 is 24.8 Å². The number of anilines is 2. The van der Waals surface area contributed by atoms with Crippen molar-refractivity contribution < 1.29 is 14.3 Å². The number of rotatable bonds is 3. The Balaban J connectivity index is 1.53. The molecule has 0 radical (unpaired) electrons. The Bertz CT molecular complexity index is 623. The van der Waals surface area contributed by atoms with Crippen molar-refractivity contribution in [1.29, 1.82) is 0 Å². The van der Waals surface area contributed by atoms with Gasteiger partial charge in [0.15, 0.2) is 0 Å². The average molecular weight is 360 g/mol. The molecule has 1 aromatic carbocycles. The zero-order valence-electron chi connectivity index (χ0n) is 15.4. The van der Waals surface area contributed by atoms with Crippen LogP contribution >= 0.6 is 0 Å². The van der Waals surface area contributed by atoms with Crippen LogP contribution in [0.2, 0.25) is 0 Å². The first-order valence-corrected chi connectivity index (χ1v) is 9.50. The molecule has 3 rings (SSSR count). The summed E-state index contributed by atoms with van der Waals surface area (Å²) in [4.78, 5) is 30.0. The van der Waals surface area contributed by atoms with E-state index in [4.69, 9.17) is 4.74 Å². The Morgan fingerprint density at radius 1 is 1.00 bits per heavy atom. The first-order chi connectivity index (χ1) is 12.7. The number of nitrogens with one attached hydrogen (secondary N) is 1. The molecule has 3 amide bonds. The maximum Gasteiger partial charge on any atom is 0.409 e. The number of nitrogens with zero attached hydrogens (tertiary/aromatic N) is 3. The van der Waals surface area contributed by atoms with Crippen LogP contribution in [-0.2, 0) is 4.74 Å². The quantitative estimate of drug-likeness (QED) is 0.900. The van der Waals surface area contributed by atoms with Crippen LogP contribution in [0.1, 0.15) is 26.2 Å². The number of urea groups is 1. The Morgan fingerprint density at radius 2 is 1.69 bits per heavy atom. The molecule has 0 aliphatic carbocycles. The number of piperazine rings is 1. The SMILES string of the molecule is CCOC(=O)N1CCN(C(=O)Nc2cccc(N3CCCCC3)c2)CC1. The maximum absolute atomic E-state index is 12.5. The summed E-state index contributed by atoms with van der Waals surface area (Å²) >= 11 is 0. The third-order valence-corrected chi connectivity index (χ3v) is 4.91. The standard InChI is InChI=1S/C19H28N4O3/c1-2-26-19(25)23-13-11-22(12-14-23)18(24)20-16-7-6-8-17(15-16)21-9-4-3-5-10-21/h6-8,15H,2-5,9-14H2,1H3,(H,20,24). The van der Waals surface area contributed by atoms with Crippen LogP contribution in [0.4, 0.5) is 21.0 Å². The van der Waals surface area contributed by atoms with Crippen molar-refractivity contribution in [1.82, 2.24) is 9.80 Å². The molecular weight excluding hydrogens is 332 g/mol. The van der Waals surface area contributed by atoms with Crippen molar-refractivity contribution in [3.05, 3.63) is 24.3 Å². The molecule has 0 saturated carbocycles. The van der Waals surface area contributed by atoms with Gasteiger partial charge in [-0.15, -0.1) is 0 Å². The number of piperidine rings is 1. The zero-order chi connectivity index (χ0) is 18.4. The van der Waals surface area contributed by atoms with Crippen LogP contribution in [0.15, 0.2) is 24.3 Å². The molecule has 2 saturated heterocycles. The Kier molecular flexibility index (Phi) is 6.20. The molecule has 0 aromatic heterocycles. The Hall–Kier alpha value is -2.44. The zero-order valence-corrected chi connectivity index (χ0v) is 15.4. The van der Waals surface area contributed by atoms with Crippen LogP contribution in [0.5, 0.6) is 0 Å². The fourth-order valence-corrected chi connectivity index (χ4v) is 3.44. The third-order valence-electron chi connectivity index (χ3n) is 4.91. The molecule has 2 heterocycles. The monoisotopic (exact) mass is 360 g/mol. The van der Waals surface area contributed by atoms with Crippen LogP contribution in [0, 0.1) is 0 Å². The summed E-state index contributed by atoms with van der Waals surface area (Å²) < 4.78 is 5.01. The van der Waals surface area contributed by atoms with E-state index in [0.29, 0.717) is 32.8 Å². The lowest BCUT2D eigenvalue weighted by atomic mass is 10.1. The van der Waals surface area contributed by atoms with Gasteiger partial charge in [0.1, 0.15) is 0 Å². The van der Waals surface area contributed by atoms with Gasteiger partial charge in [0.05, 0.1) is 6.61 Å². The van der Waals surface area contributed by atoms with Gasteiger partial charge >= 0.3 is 12.1 Å². The van der Waals surface area contributed by atoms with Gasteiger partial charge in [-0.3, -0.25) is 0 Å². The predicted molar refractivity (Wildman–Crippen MR) is 102 cm³/mol. The summed E-state index contributed by atoms with van der Waals surface area (Å²) in [7, 11) is 0. The minimum Gasteiger partial charge on any atom is -0.450 e. The van der Waals surface area contributed by atoms with Gasteiger partial charge in [0.2, 0.25) is 0 Å². The number of carbonyl (C=O) groups is 2. The number of carbonyl (C=O) groups excluding carboxylic acids is 2. The summed E-state index contributed by atoms with van der Waals surface area (Å²) in [6, 6.07) is 7.92. The molecule has 142 valence electrons. The first-order valence-electron chi connectivity index (χ1n) is 9.50. The molecule has 7 nitrogen and oxygen atoms in total. The lowest BCUT2D eigenvalue weighted by molar-refractivity contribution is 0.0868. The van der Waals surface area contributed by atoms with Crippen LogP contribution in [0.3, 0.4) is 0 Å². The van der Waals surface area contributed by atoms with Crippen molar-refractivity contribution in [2.24, 2.45) is 0 Å². The topological polar surface area (TPSA) is 65.1 Å². The molecule has 0 bridgehead atoms. The van der Waals surface area contributed by atoms with Crippen molar-refractivity contribution in [2.45, 2.75) is 26.2 Å². The molecule has 0 unspecified atom stereocenters. The van der Waals surface area contributed by atoms with Gasteiger partial charge in [-0.25, -0.2) is 9.59 Å². The Morgan fingerprint density at radius 3 is 2.38 bits per heavy atom. The van der Waals surface area contributed by atoms with E-state index in [-0.39, 0.29) is 12.1 Å². The summed E-state index contributed by atoms with van der Waals surface area (Å²) in [6.45, 7) is 6.33. The van der Waals surface area contributed by atoms with E-state index in [1.165, 1.54) is 19.3 Å². The minimum absolute atomic E-state index is 0.121. The minimum atomic E-state index is -0.304. The van der Waals surface area contributed by atoms with Crippen LogP contribution in [-0.4, -0.2) is 67.8 Å². The van der Waals surface area contributed by atoms with E-state index in [1.54, 1.807) is 16.7 Å². The fourth-order valence-electron chi connectivity index (χ4n) is 3.44. The van der Waals surface area contributed by atoms with E-state index in [2.05, 4.69) is 16.3 Å². The average Bonchev–Trinajstić information content (AvgIpc) is 2.69. The van der Waals surface area contributed by atoms with Crippen molar-refractivity contribution >= 4 is 23.5 Å². The second-order valence-electron chi connectivity index (χ2n) is 6.70. The van der Waals surface area contributed by atoms with E-state index < -0.39 is 0 Å². The lowest BCUT2D eigenvalue weighted by Gasteiger charge is -2.34. The summed E-state index contributed by atoms with van der Waals surface area (Å²) in [5, 5.41) is 2.99. The molecule has 26 heavy (non-hydrogen) atoms. The van der Waals surface area contributed by atoms with Crippen molar-refractivity contribution in [2.75, 3.05) is 56.1 Å². The smallest absolute Gasteiger partial charge is 0.409 e. The van der Waals surface area contributed by atoms with Gasteiger partial charge in [0, 0.05) is 50.6 Å². The largest absolute Gasteiger partial charge is 0.450 e. The van der Waals surface area contributed by atoms with Gasteiger partial charge in [0.25, 0.3) is 0 Å². The molecule has 7 heteroatoms. The molecule has 0 atom stereocenters. The molecular formula is C19H28N4O3. The fraction of sp³-hybridized carbons (Fsp3) is 0.579. The summed E-state index contributed by atoms with van der Waals surface area (Å²) in [6.07, 6.45) is 3.44. The highest BCUT2D eigenvalue weighted by atomic mass is 16.6. The second kappa shape index (κ2) is 8.78. The third kappa shape index (κ3) is 4.59. The normalized spacial score (nSPS) is 17.8. The van der Waals surface area contributed by atoms with E-state index >= 15 is 0 Å². The van der Waals surface area contributed by atoms with Gasteiger partial charge in [-0.2, -0.15) is 0 Å². The molecule has 0 spiro atoms. The number of hydrogen-bond acceptors (Lipinski definition) is 4. The highest BCUT2D eigenvalue weighted by Gasteiger charge is 2.25. The van der Waals surface area contributed by atoms with Crippen LogP contribution < -0.4 is 10.2 Å². The number of ether oxygens (including phenoxy) is 1. The predicted octanol–water partition coefficient (Wildman–Crippen LogP) is 2.98. The second-order valence-corrected chi connectivity index (χ2v) is 6.70. The molecule has 2 aliphatic rings. The van der Waals surface area contributed by atoms with Crippen LogP contribution in [0.25, 0.3) is 0 Å². The Labute approximate surface area is 154 Å². The van der Waals surface area contributed by atoms with Crippen molar-refractivity contribution in [3.8, 4) is 0 Å².